The van der Waals surface area contributed by atoms with Crippen molar-refractivity contribution < 1.29 is 13.6 Å². The SMILES string of the molecule is Cl.Cl.NCC(F)(F)CNC(=O)Cc1csc(-c2cccc(Br)c2)n1. The molecule has 0 saturated carbocycles. The molecule has 24 heavy (non-hydrogen) atoms. The topological polar surface area (TPSA) is 68.0 Å². The van der Waals surface area contributed by atoms with Crippen LogP contribution in [0.1, 0.15) is 5.69 Å². The van der Waals surface area contributed by atoms with E-state index in [1.165, 1.54) is 11.3 Å². The van der Waals surface area contributed by atoms with Crippen molar-refractivity contribution in [3.05, 3.63) is 39.8 Å². The minimum Gasteiger partial charge on any atom is -0.350 e. The summed E-state index contributed by atoms with van der Waals surface area (Å²) in [6.45, 7) is -1.55. The van der Waals surface area contributed by atoms with Crippen molar-refractivity contribution in [2.24, 2.45) is 5.73 Å². The predicted octanol–water partition coefficient (Wildman–Crippen LogP) is 3.67. The quantitative estimate of drug-likeness (QED) is 0.688. The average Bonchev–Trinajstić information content (AvgIpc) is 2.94. The van der Waals surface area contributed by atoms with Crippen molar-refractivity contribution >= 4 is 58.0 Å². The number of hydrogen-bond donors (Lipinski definition) is 2. The summed E-state index contributed by atoms with van der Waals surface area (Å²) in [6.07, 6.45) is -0.0366. The molecule has 0 radical (unpaired) electrons. The van der Waals surface area contributed by atoms with Crippen LogP contribution in [-0.4, -0.2) is 29.9 Å². The Labute approximate surface area is 163 Å². The van der Waals surface area contributed by atoms with Gasteiger partial charge in [0, 0.05) is 15.4 Å². The molecule has 0 atom stereocenters. The number of carbonyl (C=O) groups excluding carboxylic acids is 1. The van der Waals surface area contributed by atoms with Gasteiger partial charge in [-0.2, -0.15) is 0 Å². The number of benzene rings is 1. The van der Waals surface area contributed by atoms with E-state index in [1.807, 2.05) is 24.3 Å². The molecule has 4 nitrogen and oxygen atoms in total. The molecule has 0 aliphatic carbocycles. The van der Waals surface area contributed by atoms with E-state index in [1.54, 1.807) is 5.38 Å². The molecule has 10 heteroatoms. The molecule has 0 aliphatic rings. The number of amides is 1. The van der Waals surface area contributed by atoms with Gasteiger partial charge in [-0.05, 0) is 12.1 Å². The number of rotatable bonds is 6. The van der Waals surface area contributed by atoms with E-state index in [2.05, 4.69) is 26.2 Å². The standard InChI is InChI=1S/C14H14BrF2N3OS.2ClH/c15-10-3-1-2-9(4-10)13-20-11(6-22-13)5-12(21)19-8-14(16,17)7-18;;/h1-4,6H,5,7-8,18H2,(H,19,21);2*1H. The summed E-state index contributed by atoms with van der Waals surface area (Å²) < 4.78 is 26.8. The highest BCUT2D eigenvalue weighted by Crippen LogP contribution is 2.26. The van der Waals surface area contributed by atoms with Crippen molar-refractivity contribution in [2.45, 2.75) is 12.3 Å². The minimum atomic E-state index is -3.08. The normalized spacial score (nSPS) is 10.5. The second-order valence-corrected chi connectivity index (χ2v) is 6.44. The number of halogens is 5. The summed E-state index contributed by atoms with van der Waals surface area (Å²) in [6, 6.07) is 7.63. The summed E-state index contributed by atoms with van der Waals surface area (Å²) in [4.78, 5) is 16.0. The van der Waals surface area contributed by atoms with Crippen LogP contribution in [0, 0.1) is 0 Å². The maximum atomic E-state index is 13.0. The van der Waals surface area contributed by atoms with Gasteiger partial charge in [-0.15, -0.1) is 36.2 Å². The van der Waals surface area contributed by atoms with Crippen LogP contribution in [0.5, 0.6) is 0 Å². The largest absolute Gasteiger partial charge is 0.350 e. The minimum absolute atomic E-state index is 0. The van der Waals surface area contributed by atoms with Crippen LogP contribution >= 0.6 is 52.1 Å². The molecule has 2 rings (SSSR count). The molecule has 0 fully saturated rings. The molecule has 0 saturated heterocycles. The van der Waals surface area contributed by atoms with E-state index in [0.29, 0.717) is 5.69 Å². The first-order valence-corrected chi connectivity index (χ1v) is 8.12. The average molecular weight is 463 g/mol. The lowest BCUT2D eigenvalue weighted by atomic mass is 10.2. The van der Waals surface area contributed by atoms with Crippen LogP contribution in [0.25, 0.3) is 10.6 Å². The zero-order chi connectivity index (χ0) is 16.2. The maximum Gasteiger partial charge on any atom is 0.277 e. The fourth-order valence-electron chi connectivity index (χ4n) is 1.67. The Balaban J connectivity index is 0.00000264. The Kier molecular flexibility index (Phi) is 9.91. The van der Waals surface area contributed by atoms with Crippen LogP contribution in [0.3, 0.4) is 0 Å². The van der Waals surface area contributed by atoms with Crippen LogP contribution < -0.4 is 11.1 Å². The molecule has 0 unspecified atom stereocenters. The highest BCUT2D eigenvalue weighted by Gasteiger charge is 2.27. The van der Waals surface area contributed by atoms with Crippen LogP contribution in [0.4, 0.5) is 8.78 Å². The molecule has 0 bridgehead atoms. The van der Waals surface area contributed by atoms with Gasteiger partial charge in [-0.1, -0.05) is 28.1 Å². The van der Waals surface area contributed by atoms with E-state index >= 15 is 0 Å². The third kappa shape index (κ3) is 6.98. The van der Waals surface area contributed by atoms with Gasteiger partial charge in [-0.3, -0.25) is 4.79 Å². The first-order chi connectivity index (χ1) is 10.4. The van der Waals surface area contributed by atoms with E-state index in [0.717, 1.165) is 15.0 Å². The molecular formula is C14H16BrCl2F2N3OS. The number of carbonyl (C=O) groups is 1. The van der Waals surface area contributed by atoms with Gasteiger partial charge in [-0.25, -0.2) is 13.8 Å². The van der Waals surface area contributed by atoms with Gasteiger partial charge in [0.15, 0.2) is 0 Å². The van der Waals surface area contributed by atoms with Crippen LogP contribution in [0.15, 0.2) is 34.1 Å². The Morgan fingerprint density at radius 1 is 1.38 bits per heavy atom. The maximum absolute atomic E-state index is 13.0. The summed E-state index contributed by atoms with van der Waals surface area (Å²) in [7, 11) is 0. The second kappa shape index (κ2) is 10.2. The number of aromatic nitrogens is 1. The second-order valence-electron chi connectivity index (χ2n) is 4.67. The van der Waals surface area contributed by atoms with Crippen molar-refractivity contribution in [2.75, 3.05) is 13.1 Å². The predicted molar refractivity (Wildman–Crippen MR) is 100 cm³/mol. The highest BCUT2D eigenvalue weighted by atomic mass is 79.9. The van der Waals surface area contributed by atoms with E-state index in [-0.39, 0.29) is 31.2 Å². The lowest BCUT2D eigenvalue weighted by Gasteiger charge is -2.14. The number of nitrogens with zero attached hydrogens (tertiary/aromatic N) is 1. The lowest BCUT2D eigenvalue weighted by Crippen LogP contribution is -2.42. The molecule has 0 aliphatic heterocycles. The highest BCUT2D eigenvalue weighted by molar-refractivity contribution is 9.10. The van der Waals surface area contributed by atoms with Gasteiger partial charge >= 0.3 is 0 Å². The molecular weight excluding hydrogens is 447 g/mol. The van der Waals surface area contributed by atoms with E-state index in [4.69, 9.17) is 5.73 Å². The van der Waals surface area contributed by atoms with Crippen molar-refractivity contribution in [1.29, 1.82) is 0 Å². The van der Waals surface area contributed by atoms with Crippen molar-refractivity contribution in [3.63, 3.8) is 0 Å². The van der Waals surface area contributed by atoms with Crippen molar-refractivity contribution in [1.82, 2.24) is 10.3 Å². The Morgan fingerprint density at radius 2 is 2.08 bits per heavy atom. The number of nitrogens with one attached hydrogen (secondary N) is 1. The Bertz CT molecular complexity index is 673. The van der Waals surface area contributed by atoms with Gasteiger partial charge in [0.25, 0.3) is 5.92 Å². The summed E-state index contributed by atoms with van der Waals surface area (Å²) >= 11 is 4.79. The van der Waals surface area contributed by atoms with Crippen LogP contribution in [0.2, 0.25) is 0 Å². The monoisotopic (exact) mass is 461 g/mol. The first-order valence-electron chi connectivity index (χ1n) is 6.44. The Hall–Kier alpha value is -0.800. The number of nitrogens with two attached hydrogens (primary N) is 1. The molecule has 0 spiro atoms. The number of hydrogen-bond acceptors (Lipinski definition) is 4. The fourth-order valence-corrected chi connectivity index (χ4v) is 2.89. The summed E-state index contributed by atoms with van der Waals surface area (Å²) in [5.41, 5.74) is 6.39. The smallest absolute Gasteiger partial charge is 0.277 e. The molecule has 3 N–H and O–H groups in total. The summed E-state index contributed by atoms with van der Waals surface area (Å²) in [5, 5.41) is 4.69. The zero-order valence-corrected chi connectivity index (χ0v) is 16.3. The number of thiazole rings is 1. The van der Waals surface area contributed by atoms with Gasteiger partial charge in [0.1, 0.15) is 5.01 Å². The Morgan fingerprint density at radius 3 is 2.71 bits per heavy atom. The first kappa shape index (κ1) is 23.2. The fraction of sp³-hybridized carbons (Fsp3) is 0.286. The van der Waals surface area contributed by atoms with Gasteiger partial charge in [0.05, 0.1) is 25.2 Å². The third-order valence-corrected chi connectivity index (χ3v) is 4.24. The molecule has 2 aromatic rings. The van der Waals surface area contributed by atoms with Gasteiger partial charge in [0.2, 0.25) is 5.91 Å². The summed E-state index contributed by atoms with van der Waals surface area (Å²) in [5.74, 6) is -3.58. The number of alkyl halides is 2. The van der Waals surface area contributed by atoms with Crippen LogP contribution in [-0.2, 0) is 11.2 Å². The molecule has 134 valence electrons. The van der Waals surface area contributed by atoms with Gasteiger partial charge < -0.3 is 11.1 Å². The molecule has 1 heterocycles. The lowest BCUT2D eigenvalue weighted by molar-refractivity contribution is -0.122. The third-order valence-electron chi connectivity index (χ3n) is 2.81. The molecule has 1 amide bonds. The molecule has 1 aromatic heterocycles. The zero-order valence-electron chi connectivity index (χ0n) is 12.3. The van der Waals surface area contributed by atoms with Crippen molar-refractivity contribution in [3.8, 4) is 10.6 Å². The van der Waals surface area contributed by atoms with E-state index < -0.39 is 24.9 Å². The van der Waals surface area contributed by atoms with E-state index in [9.17, 15) is 13.6 Å². The molecule has 1 aromatic carbocycles.